The van der Waals surface area contributed by atoms with E-state index in [1.54, 1.807) is 6.07 Å². The maximum Gasteiger partial charge on any atom is 0.128 e. The summed E-state index contributed by atoms with van der Waals surface area (Å²) in [4.78, 5) is 2.52. The third-order valence-electron chi connectivity index (χ3n) is 4.75. The first-order valence-corrected chi connectivity index (χ1v) is 8.21. The molecular weight excluding hydrogens is 263 g/mol. The number of nitrogens with one attached hydrogen (secondary N) is 1. The summed E-state index contributed by atoms with van der Waals surface area (Å²) in [5, 5.41) is 3.52. The fraction of sp³-hybridized carbons (Fsp3) is 0.667. The molecule has 1 aliphatic rings. The van der Waals surface area contributed by atoms with Crippen LogP contribution in [0.3, 0.4) is 0 Å². The van der Waals surface area contributed by atoms with Gasteiger partial charge in [0.1, 0.15) is 5.82 Å². The summed E-state index contributed by atoms with van der Waals surface area (Å²) in [6, 6.07) is 5.45. The Morgan fingerprint density at radius 3 is 2.52 bits per heavy atom. The van der Waals surface area contributed by atoms with E-state index in [2.05, 4.69) is 31.0 Å². The normalized spacial score (nSPS) is 18.7. The van der Waals surface area contributed by atoms with E-state index >= 15 is 0 Å². The first kappa shape index (κ1) is 16.4. The number of nitrogens with zero attached hydrogens (tertiary/aromatic N) is 1. The lowest BCUT2D eigenvalue weighted by Gasteiger charge is -2.46. The SMILES string of the molecule is CCNC(c1cc(C)ccc1F)C(C)(C)N1CCCCC1. The second kappa shape index (κ2) is 6.89. The molecule has 1 unspecified atom stereocenters. The summed E-state index contributed by atoms with van der Waals surface area (Å²) in [6.07, 6.45) is 3.81. The molecule has 21 heavy (non-hydrogen) atoms. The Balaban J connectivity index is 2.34. The fourth-order valence-electron chi connectivity index (χ4n) is 3.48. The van der Waals surface area contributed by atoms with E-state index in [9.17, 15) is 4.39 Å². The van der Waals surface area contributed by atoms with Crippen LogP contribution < -0.4 is 5.32 Å². The lowest BCUT2D eigenvalue weighted by molar-refractivity contribution is 0.0601. The van der Waals surface area contributed by atoms with Crippen molar-refractivity contribution in [1.82, 2.24) is 10.2 Å². The van der Waals surface area contributed by atoms with E-state index in [-0.39, 0.29) is 17.4 Å². The van der Waals surface area contributed by atoms with Gasteiger partial charge in [-0.2, -0.15) is 0 Å². The zero-order valence-corrected chi connectivity index (χ0v) is 13.9. The standard InChI is InChI=1S/C18H29FN2/c1-5-20-17(15-13-14(2)9-10-16(15)19)18(3,4)21-11-7-6-8-12-21/h9-10,13,17,20H,5-8,11-12H2,1-4H3. The molecule has 1 aromatic rings. The molecule has 1 aliphatic heterocycles. The maximum atomic E-state index is 14.4. The zero-order valence-electron chi connectivity index (χ0n) is 13.9. The minimum absolute atomic E-state index is 0.0144. The summed E-state index contributed by atoms with van der Waals surface area (Å²) in [5.74, 6) is -0.100. The van der Waals surface area contributed by atoms with E-state index in [4.69, 9.17) is 0 Å². The number of aryl methyl sites for hydroxylation is 1. The molecule has 0 aromatic heterocycles. The number of halogens is 1. The Hall–Kier alpha value is -0.930. The van der Waals surface area contributed by atoms with Gasteiger partial charge in [0, 0.05) is 11.1 Å². The van der Waals surface area contributed by atoms with Crippen molar-refractivity contribution in [2.45, 2.75) is 58.5 Å². The molecular formula is C18H29FN2. The zero-order chi connectivity index (χ0) is 15.5. The Morgan fingerprint density at radius 2 is 1.90 bits per heavy atom. The van der Waals surface area contributed by atoms with E-state index < -0.39 is 0 Å². The number of hydrogen-bond donors (Lipinski definition) is 1. The number of hydrogen-bond acceptors (Lipinski definition) is 2. The topological polar surface area (TPSA) is 15.3 Å². The molecule has 1 aromatic carbocycles. The second-order valence-corrected chi connectivity index (χ2v) is 6.72. The van der Waals surface area contributed by atoms with Crippen LogP contribution in [0.25, 0.3) is 0 Å². The quantitative estimate of drug-likeness (QED) is 0.881. The van der Waals surface area contributed by atoms with Gasteiger partial charge >= 0.3 is 0 Å². The molecule has 1 fully saturated rings. The van der Waals surface area contributed by atoms with Crippen molar-refractivity contribution in [3.8, 4) is 0 Å². The molecule has 118 valence electrons. The van der Waals surface area contributed by atoms with Gasteiger partial charge in [0.2, 0.25) is 0 Å². The van der Waals surface area contributed by atoms with Crippen LogP contribution in [0.15, 0.2) is 18.2 Å². The van der Waals surface area contributed by atoms with Gasteiger partial charge in [-0.1, -0.05) is 31.0 Å². The predicted octanol–water partition coefficient (Wildman–Crippen LogP) is 4.05. The first-order valence-electron chi connectivity index (χ1n) is 8.21. The van der Waals surface area contributed by atoms with Gasteiger partial charge in [0.15, 0.2) is 0 Å². The molecule has 0 radical (unpaired) electrons. The van der Waals surface area contributed by atoms with Crippen LogP contribution in [-0.4, -0.2) is 30.1 Å². The third-order valence-corrected chi connectivity index (χ3v) is 4.75. The molecule has 2 nitrogen and oxygen atoms in total. The Morgan fingerprint density at radius 1 is 1.24 bits per heavy atom. The summed E-state index contributed by atoms with van der Waals surface area (Å²) in [7, 11) is 0. The third kappa shape index (κ3) is 3.64. The molecule has 0 bridgehead atoms. The molecule has 1 N–H and O–H groups in total. The molecule has 1 saturated heterocycles. The molecule has 0 spiro atoms. The Bertz CT molecular complexity index is 464. The minimum atomic E-state index is -0.100. The number of benzene rings is 1. The number of piperidine rings is 1. The van der Waals surface area contributed by atoms with Gasteiger partial charge < -0.3 is 5.32 Å². The van der Waals surface area contributed by atoms with E-state index in [1.807, 2.05) is 19.1 Å². The average Bonchev–Trinajstić information content (AvgIpc) is 2.48. The molecule has 0 saturated carbocycles. The minimum Gasteiger partial charge on any atom is -0.309 e. The smallest absolute Gasteiger partial charge is 0.128 e. The molecule has 1 heterocycles. The predicted molar refractivity (Wildman–Crippen MR) is 87.1 cm³/mol. The van der Waals surface area contributed by atoms with E-state index in [0.29, 0.717) is 0 Å². The first-order chi connectivity index (χ1) is 9.96. The van der Waals surface area contributed by atoms with Crippen LogP contribution in [0, 0.1) is 12.7 Å². The maximum absolute atomic E-state index is 14.4. The highest BCUT2D eigenvalue weighted by Gasteiger charge is 2.37. The van der Waals surface area contributed by atoms with Crippen molar-refractivity contribution < 1.29 is 4.39 Å². The van der Waals surface area contributed by atoms with Crippen molar-refractivity contribution in [3.63, 3.8) is 0 Å². The second-order valence-electron chi connectivity index (χ2n) is 6.72. The van der Waals surface area contributed by atoms with E-state index in [1.165, 1.54) is 19.3 Å². The number of likely N-dealkylation sites (N-methyl/N-ethyl adjacent to an activating group) is 1. The lowest BCUT2D eigenvalue weighted by Crippen LogP contribution is -2.54. The van der Waals surface area contributed by atoms with Crippen LogP contribution in [-0.2, 0) is 0 Å². The summed E-state index contributed by atoms with van der Waals surface area (Å²) < 4.78 is 14.4. The van der Waals surface area contributed by atoms with Crippen molar-refractivity contribution >= 4 is 0 Å². The Kier molecular flexibility index (Phi) is 5.39. The average molecular weight is 292 g/mol. The molecule has 0 amide bonds. The van der Waals surface area contributed by atoms with E-state index in [0.717, 1.165) is 30.8 Å². The van der Waals surface area contributed by atoms with Crippen LogP contribution in [0.1, 0.15) is 57.2 Å². The van der Waals surface area contributed by atoms with Gasteiger partial charge in [-0.15, -0.1) is 0 Å². The summed E-state index contributed by atoms with van der Waals surface area (Å²) in [5.41, 5.74) is 1.82. The monoisotopic (exact) mass is 292 g/mol. The van der Waals surface area contributed by atoms with Crippen molar-refractivity contribution in [2.75, 3.05) is 19.6 Å². The van der Waals surface area contributed by atoms with Gasteiger partial charge in [-0.25, -0.2) is 4.39 Å². The molecule has 1 atom stereocenters. The molecule has 0 aliphatic carbocycles. The van der Waals surface area contributed by atoms with Gasteiger partial charge in [-0.3, -0.25) is 4.90 Å². The van der Waals surface area contributed by atoms with Crippen molar-refractivity contribution in [1.29, 1.82) is 0 Å². The highest BCUT2D eigenvalue weighted by Crippen LogP contribution is 2.34. The highest BCUT2D eigenvalue weighted by atomic mass is 19.1. The lowest BCUT2D eigenvalue weighted by atomic mass is 9.84. The van der Waals surface area contributed by atoms with Crippen LogP contribution >= 0.6 is 0 Å². The van der Waals surface area contributed by atoms with Gasteiger partial charge in [-0.05, 0) is 59.3 Å². The van der Waals surface area contributed by atoms with Crippen LogP contribution in [0.5, 0.6) is 0 Å². The molecule has 2 rings (SSSR count). The number of likely N-dealkylation sites (tertiary alicyclic amines) is 1. The van der Waals surface area contributed by atoms with Gasteiger partial charge in [0.25, 0.3) is 0 Å². The van der Waals surface area contributed by atoms with Gasteiger partial charge in [0.05, 0.1) is 6.04 Å². The van der Waals surface area contributed by atoms with Crippen LogP contribution in [0.4, 0.5) is 4.39 Å². The summed E-state index contributed by atoms with van der Waals surface area (Å²) >= 11 is 0. The van der Waals surface area contributed by atoms with Crippen molar-refractivity contribution in [3.05, 3.63) is 35.1 Å². The highest BCUT2D eigenvalue weighted by molar-refractivity contribution is 5.29. The van der Waals surface area contributed by atoms with Crippen molar-refractivity contribution in [2.24, 2.45) is 0 Å². The number of rotatable bonds is 5. The Labute approximate surface area is 128 Å². The summed E-state index contributed by atoms with van der Waals surface area (Å²) in [6.45, 7) is 11.7. The fourth-order valence-corrected chi connectivity index (χ4v) is 3.48. The molecule has 3 heteroatoms. The largest absolute Gasteiger partial charge is 0.309 e. The van der Waals surface area contributed by atoms with Crippen LogP contribution in [0.2, 0.25) is 0 Å².